The van der Waals surface area contributed by atoms with Crippen LogP contribution >= 0.6 is 0 Å². The molecular formula is C12H9N3O. The number of benzene rings is 1. The van der Waals surface area contributed by atoms with E-state index in [9.17, 15) is 5.11 Å². The summed E-state index contributed by atoms with van der Waals surface area (Å²) in [5.41, 5.74) is 2.34. The van der Waals surface area contributed by atoms with Crippen molar-refractivity contribution in [3.63, 3.8) is 0 Å². The highest BCUT2D eigenvalue weighted by Gasteiger charge is 2.10. The van der Waals surface area contributed by atoms with E-state index < -0.39 is 0 Å². The van der Waals surface area contributed by atoms with Crippen LogP contribution in [-0.2, 0) is 0 Å². The summed E-state index contributed by atoms with van der Waals surface area (Å²) < 4.78 is 0. The van der Waals surface area contributed by atoms with Gasteiger partial charge in [-0.2, -0.15) is 5.10 Å². The highest BCUT2D eigenvalue weighted by atomic mass is 16.3. The molecule has 0 radical (unpaired) electrons. The number of rotatable bonds is 1. The lowest BCUT2D eigenvalue weighted by Crippen LogP contribution is -1.80. The molecule has 2 heterocycles. The van der Waals surface area contributed by atoms with Crippen LogP contribution in [0.25, 0.3) is 22.2 Å². The lowest BCUT2D eigenvalue weighted by atomic mass is 10.1. The van der Waals surface area contributed by atoms with Crippen LogP contribution in [0.4, 0.5) is 0 Å². The molecule has 0 amide bonds. The van der Waals surface area contributed by atoms with E-state index in [1.807, 2.05) is 18.2 Å². The van der Waals surface area contributed by atoms with E-state index in [0.717, 1.165) is 16.6 Å². The molecule has 4 heteroatoms. The van der Waals surface area contributed by atoms with Crippen molar-refractivity contribution < 1.29 is 5.11 Å². The molecule has 2 aromatic heterocycles. The molecule has 2 N–H and O–H groups in total. The zero-order chi connectivity index (χ0) is 11.0. The number of hydrogen-bond donors (Lipinski definition) is 2. The summed E-state index contributed by atoms with van der Waals surface area (Å²) in [6.45, 7) is 0. The highest BCUT2D eigenvalue weighted by molar-refractivity contribution is 5.93. The van der Waals surface area contributed by atoms with Crippen molar-refractivity contribution in [1.29, 1.82) is 0 Å². The van der Waals surface area contributed by atoms with Crippen LogP contribution in [0.5, 0.6) is 5.75 Å². The Bertz CT molecular complexity index is 645. The maximum absolute atomic E-state index is 9.77. The summed E-state index contributed by atoms with van der Waals surface area (Å²) in [6, 6.07) is 8.98. The second-order valence-corrected chi connectivity index (χ2v) is 3.51. The summed E-state index contributed by atoms with van der Waals surface area (Å²) in [4.78, 5) is 4.06. The average Bonchev–Trinajstić information content (AvgIpc) is 2.74. The Balaban J connectivity index is 2.31. The van der Waals surface area contributed by atoms with Crippen LogP contribution in [0, 0.1) is 0 Å². The number of phenols is 1. The van der Waals surface area contributed by atoms with Crippen LogP contribution in [0.15, 0.2) is 42.7 Å². The smallest absolute Gasteiger partial charge is 0.125 e. The van der Waals surface area contributed by atoms with Crippen LogP contribution in [-0.4, -0.2) is 20.3 Å². The number of para-hydroxylation sites is 1. The standard InChI is InChI=1S/C12H9N3O/c16-11-4-2-1-3-8(11)12-9-7-13-6-5-10(9)14-15-12/h1-7,16H,(H,14,15). The topological polar surface area (TPSA) is 61.8 Å². The second-order valence-electron chi connectivity index (χ2n) is 3.51. The van der Waals surface area contributed by atoms with Crippen LogP contribution < -0.4 is 0 Å². The van der Waals surface area contributed by atoms with Gasteiger partial charge in [0.15, 0.2) is 0 Å². The first-order valence-corrected chi connectivity index (χ1v) is 4.93. The van der Waals surface area contributed by atoms with Crippen LogP contribution in [0.2, 0.25) is 0 Å². The number of fused-ring (bicyclic) bond motifs is 1. The average molecular weight is 211 g/mol. The first-order chi connectivity index (χ1) is 7.86. The van der Waals surface area contributed by atoms with E-state index in [1.54, 1.807) is 24.5 Å². The van der Waals surface area contributed by atoms with Gasteiger partial charge in [0.2, 0.25) is 0 Å². The monoisotopic (exact) mass is 211 g/mol. The first kappa shape index (κ1) is 8.91. The summed E-state index contributed by atoms with van der Waals surface area (Å²) >= 11 is 0. The van der Waals surface area contributed by atoms with Crippen molar-refractivity contribution >= 4 is 10.9 Å². The normalized spacial score (nSPS) is 10.8. The third kappa shape index (κ3) is 1.24. The van der Waals surface area contributed by atoms with Crippen molar-refractivity contribution in [3.8, 4) is 17.0 Å². The van der Waals surface area contributed by atoms with Crippen molar-refractivity contribution in [2.24, 2.45) is 0 Å². The Labute approximate surface area is 91.6 Å². The molecule has 0 unspecified atom stereocenters. The van der Waals surface area contributed by atoms with Crippen molar-refractivity contribution in [2.75, 3.05) is 0 Å². The van der Waals surface area contributed by atoms with Gasteiger partial charge in [-0.05, 0) is 18.2 Å². The molecule has 16 heavy (non-hydrogen) atoms. The van der Waals surface area contributed by atoms with E-state index in [0.29, 0.717) is 5.56 Å². The molecule has 0 aliphatic heterocycles. The predicted molar refractivity (Wildman–Crippen MR) is 61.0 cm³/mol. The van der Waals surface area contributed by atoms with Gasteiger partial charge in [-0.15, -0.1) is 0 Å². The van der Waals surface area contributed by atoms with Gasteiger partial charge < -0.3 is 5.11 Å². The molecule has 4 nitrogen and oxygen atoms in total. The van der Waals surface area contributed by atoms with Gasteiger partial charge in [0.25, 0.3) is 0 Å². The van der Waals surface area contributed by atoms with E-state index >= 15 is 0 Å². The minimum absolute atomic E-state index is 0.222. The van der Waals surface area contributed by atoms with Gasteiger partial charge in [0.05, 0.1) is 5.52 Å². The molecular weight excluding hydrogens is 202 g/mol. The number of H-pyrrole nitrogens is 1. The number of aromatic hydroxyl groups is 1. The summed E-state index contributed by atoms with van der Waals surface area (Å²) in [5, 5.41) is 17.8. The molecule has 3 aromatic rings. The van der Waals surface area contributed by atoms with E-state index in [4.69, 9.17) is 0 Å². The molecule has 3 rings (SSSR count). The summed E-state index contributed by atoms with van der Waals surface area (Å²) in [7, 11) is 0. The Morgan fingerprint density at radius 2 is 2.00 bits per heavy atom. The van der Waals surface area contributed by atoms with Gasteiger partial charge in [0, 0.05) is 23.3 Å². The lowest BCUT2D eigenvalue weighted by molar-refractivity contribution is 0.477. The molecule has 0 atom stereocenters. The van der Waals surface area contributed by atoms with E-state index in [1.165, 1.54) is 0 Å². The van der Waals surface area contributed by atoms with Gasteiger partial charge in [-0.1, -0.05) is 12.1 Å². The maximum Gasteiger partial charge on any atom is 0.125 e. The molecule has 0 aliphatic carbocycles. The molecule has 1 aromatic carbocycles. The minimum Gasteiger partial charge on any atom is -0.507 e. The SMILES string of the molecule is Oc1ccccc1-c1n[nH]c2ccncc12. The van der Waals surface area contributed by atoms with Gasteiger partial charge in [-0.25, -0.2) is 0 Å². The highest BCUT2D eigenvalue weighted by Crippen LogP contribution is 2.31. The van der Waals surface area contributed by atoms with Crippen LogP contribution in [0.1, 0.15) is 0 Å². The molecule has 0 spiro atoms. The number of aromatic nitrogens is 3. The largest absolute Gasteiger partial charge is 0.507 e. The quantitative estimate of drug-likeness (QED) is 0.649. The van der Waals surface area contributed by atoms with Crippen LogP contribution in [0.3, 0.4) is 0 Å². The Morgan fingerprint density at radius 1 is 1.12 bits per heavy atom. The summed E-state index contributed by atoms with van der Waals surface area (Å²) in [5.74, 6) is 0.222. The number of nitrogens with zero attached hydrogens (tertiary/aromatic N) is 2. The number of pyridine rings is 1. The Morgan fingerprint density at radius 3 is 2.88 bits per heavy atom. The molecule has 0 fully saturated rings. The van der Waals surface area contributed by atoms with Gasteiger partial charge in [0.1, 0.15) is 11.4 Å². The van der Waals surface area contributed by atoms with Crippen molar-refractivity contribution in [1.82, 2.24) is 15.2 Å². The van der Waals surface area contributed by atoms with Gasteiger partial charge >= 0.3 is 0 Å². The second kappa shape index (κ2) is 3.34. The minimum atomic E-state index is 0.222. The van der Waals surface area contributed by atoms with Crippen molar-refractivity contribution in [2.45, 2.75) is 0 Å². The third-order valence-corrected chi connectivity index (χ3v) is 2.52. The van der Waals surface area contributed by atoms with E-state index in [-0.39, 0.29) is 5.75 Å². The Kier molecular flexibility index (Phi) is 1.86. The third-order valence-electron chi connectivity index (χ3n) is 2.52. The number of phenolic OH excluding ortho intramolecular Hbond substituents is 1. The fourth-order valence-corrected chi connectivity index (χ4v) is 1.74. The first-order valence-electron chi connectivity index (χ1n) is 4.93. The fourth-order valence-electron chi connectivity index (χ4n) is 1.74. The van der Waals surface area contributed by atoms with Crippen molar-refractivity contribution in [3.05, 3.63) is 42.7 Å². The van der Waals surface area contributed by atoms with Gasteiger partial charge in [-0.3, -0.25) is 10.1 Å². The Hall–Kier alpha value is -2.36. The lowest BCUT2D eigenvalue weighted by Gasteiger charge is -2.00. The number of nitrogens with one attached hydrogen (secondary N) is 1. The molecule has 0 saturated carbocycles. The molecule has 0 aliphatic rings. The zero-order valence-electron chi connectivity index (χ0n) is 8.38. The van der Waals surface area contributed by atoms with E-state index in [2.05, 4.69) is 15.2 Å². The molecule has 0 bridgehead atoms. The molecule has 78 valence electrons. The number of hydrogen-bond acceptors (Lipinski definition) is 3. The zero-order valence-corrected chi connectivity index (χ0v) is 8.38. The number of aromatic amines is 1. The molecule has 0 saturated heterocycles. The fraction of sp³-hybridized carbons (Fsp3) is 0. The summed E-state index contributed by atoms with van der Waals surface area (Å²) in [6.07, 6.45) is 3.44. The maximum atomic E-state index is 9.77. The predicted octanol–water partition coefficient (Wildman–Crippen LogP) is 2.33.